The summed E-state index contributed by atoms with van der Waals surface area (Å²) in [6, 6.07) is 13.1. The number of fused-ring (bicyclic) bond motifs is 1. The fourth-order valence-electron chi connectivity index (χ4n) is 2.18. The number of aromatic nitrogens is 2. The van der Waals surface area contributed by atoms with Gasteiger partial charge in [0.25, 0.3) is 0 Å². The Hall–Kier alpha value is -2.49. The predicted molar refractivity (Wildman–Crippen MR) is 71.9 cm³/mol. The first-order valence-electron chi connectivity index (χ1n) is 5.70. The molecule has 3 aromatic rings. The zero-order valence-corrected chi connectivity index (χ0v) is 9.96. The van der Waals surface area contributed by atoms with E-state index < -0.39 is 0 Å². The number of anilines is 1. The van der Waals surface area contributed by atoms with E-state index in [-0.39, 0.29) is 5.75 Å². The molecule has 0 aliphatic carbocycles. The van der Waals surface area contributed by atoms with Crippen LogP contribution in [0.1, 0.15) is 5.56 Å². The first-order valence-corrected chi connectivity index (χ1v) is 5.70. The van der Waals surface area contributed by atoms with Crippen LogP contribution in [0.25, 0.3) is 16.7 Å². The van der Waals surface area contributed by atoms with Crippen LogP contribution in [0.3, 0.4) is 0 Å². The average Bonchev–Trinajstić information content (AvgIpc) is 2.68. The second-order valence-corrected chi connectivity index (χ2v) is 4.24. The van der Waals surface area contributed by atoms with Crippen LogP contribution in [0.15, 0.2) is 42.5 Å². The summed E-state index contributed by atoms with van der Waals surface area (Å²) in [5.41, 5.74) is 9.30. The number of benzene rings is 2. The van der Waals surface area contributed by atoms with E-state index in [9.17, 15) is 5.11 Å². The van der Waals surface area contributed by atoms with Crippen LogP contribution in [0.4, 0.5) is 5.95 Å². The number of nitrogens with zero attached hydrogens (tertiary/aromatic N) is 2. The first-order chi connectivity index (χ1) is 8.68. The fourth-order valence-corrected chi connectivity index (χ4v) is 2.18. The Labute approximate surface area is 104 Å². The molecule has 0 bridgehead atoms. The second-order valence-electron chi connectivity index (χ2n) is 4.24. The highest BCUT2D eigenvalue weighted by Crippen LogP contribution is 2.30. The molecule has 3 rings (SSSR count). The number of hydrogen-bond acceptors (Lipinski definition) is 3. The molecular weight excluding hydrogens is 226 g/mol. The number of nitrogen functional groups attached to an aromatic ring is 1. The van der Waals surface area contributed by atoms with Gasteiger partial charge < -0.3 is 10.8 Å². The van der Waals surface area contributed by atoms with Crippen LogP contribution in [0.5, 0.6) is 5.75 Å². The van der Waals surface area contributed by atoms with Crippen molar-refractivity contribution >= 4 is 17.0 Å². The molecule has 0 saturated carbocycles. The lowest BCUT2D eigenvalue weighted by Crippen LogP contribution is -2.02. The zero-order valence-electron chi connectivity index (χ0n) is 9.96. The highest BCUT2D eigenvalue weighted by Gasteiger charge is 2.14. The van der Waals surface area contributed by atoms with Crippen molar-refractivity contribution in [3.63, 3.8) is 0 Å². The lowest BCUT2D eigenvalue weighted by Gasteiger charge is -2.10. The first kappa shape index (κ1) is 10.7. The summed E-state index contributed by atoms with van der Waals surface area (Å²) in [7, 11) is 0. The molecule has 0 fully saturated rings. The molecule has 0 aliphatic rings. The van der Waals surface area contributed by atoms with Crippen LogP contribution in [0, 0.1) is 6.92 Å². The Morgan fingerprint density at radius 3 is 2.67 bits per heavy atom. The Morgan fingerprint density at radius 2 is 1.89 bits per heavy atom. The molecule has 3 N–H and O–H groups in total. The third-order valence-corrected chi connectivity index (χ3v) is 3.04. The predicted octanol–water partition coefficient (Wildman–Crippen LogP) is 2.62. The molecule has 90 valence electrons. The van der Waals surface area contributed by atoms with E-state index in [2.05, 4.69) is 4.98 Å². The number of aryl methyl sites for hydroxylation is 1. The minimum atomic E-state index is 0.181. The van der Waals surface area contributed by atoms with Crippen molar-refractivity contribution < 1.29 is 5.11 Å². The van der Waals surface area contributed by atoms with E-state index in [1.165, 1.54) is 0 Å². The summed E-state index contributed by atoms with van der Waals surface area (Å²) in [4.78, 5) is 4.27. The average molecular weight is 239 g/mol. The number of phenols is 1. The molecule has 0 saturated heterocycles. The Balaban J connectivity index is 2.43. The molecule has 18 heavy (non-hydrogen) atoms. The molecule has 0 atom stereocenters. The number of para-hydroxylation sites is 2. The fraction of sp³-hybridized carbons (Fsp3) is 0.0714. The summed E-state index contributed by atoms with van der Waals surface area (Å²) in [5, 5.41) is 10.0. The van der Waals surface area contributed by atoms with Crippen molar-refractivity contribution in [3.8, 4) is 11.4 Å². The molecule has 4 heteroatoms. The van der Waals surface area contributed by atoms with Crippen molar-refractivity contribution in [1.82, 2.24) is 9.55 Å². The number of rotatable bonds is 1. The molecule has 2 aromatic carbocycles. The van der Waals surface area contributed by atoms with Crippen LogP contribution in [0.2, 0.25) is 0 Å². The maximum absolute atomic E-state index is 10.0. The molecular formula is C14H13N3O. The van der Waals surface area contributed by atoms with Crippen LogP contribution in [-0.4, -0.2) is 14.7 Å². The van der Waals surface area contributed by atoms with Gasteiger partial charge in [-0.15, -0.1) is 0 Å². The lowest BCUT2D eigenvalue weighted by atomic mass is 10.2. The number of aromatic hydroxyl groups is 1. The van der Waals surface area contributed by atoms with Gasteiger partial charge in [0, 0.05) is 0 Å². The van der Waals surface area contributed by atoms with E-state index in [0.29, 0.717) is 17.0 Å². The maximum atomic E-state index is 10.0. The number of hydrogen-bond donors (Lipinski definition) is 2. The van der Waals surface area contributed by atoms with Gasteiger partial charge in [0.15, 0.2) is 0 Å². The van der Waals surface area contributed by atoms with Crippen LogP contribution < -0.4 is 5.73 Å². The molecule has 0 amide bonds. The lowest BCUT2D eigenvalue weighted by molar-refractivity contribution is 0.479. The number of imidazole rings is 1. The monoisotopic (exact) mass is 239 g/mol. The van der Waals surface area contributed by atoms with E-state index in [0.717, 1.165) is 11.3 Å². The van der Waals surface area contributed by atoms with Crippen molar-refractivity contribution in [1.29, 1.82) is 0 Å². The standard InChI is InChI=1S/C14H13N3O/c1-9-5-2-3-7-11(9)17-13-10(16-14(17)15)6-4-8-12(13)18/h2-8,18H,1H3,(H2,15,16). The van der Waals surface area contributed by atoms with Gasteiger partial charge >= 0.3 is 0 Å². The van der Waals surface area contributed by atoms with E-state index in [1.807, 2.05) is 37.3 Å². The van der Waals surface area contributed by atoms with E-state index in [1.54, 1.807) is 16.7 Å². The topological polar surface area (TPSA) is 64.1 Å². The van der Waals surface area contributed by atoms with Gasteiger partial charge in [-0.2, -0.15) is 0 Å². The van der Waals surface area contributed by atoms with E-state index in [4.69, 9.17) is 5.73 Å². The van der Waals surface area contributed by atoms with Crippen molar-refractivity contribution in [2.45, 2.75) is 6.92 Å². The third-order valence-electron chi connectivity index (χ3n) is 3.04. The molecule has 0 spiro atoms. The summed E-state index contributed by atoms with van der Waals surface area (Å²) in [5.74, 6) is 0.556. The molecule has 1 heterocycles. The zero-order chi connectivity index (χ0) is 12.7. The second kappa shape index (κ2) is 3.77. The smallest absolute Gasteiger partial charge is 0.206 e. The SMILES string of the molecule is Cc1ccccc1-n1c(N)nc2cccc(O)c21. The van der Waals surface area contributed by atoms with Gasteiger partial charge in [-0.25, -0.2) is 4.98 Å². The van der Waals surface area contributed by atoms with Crippen molar-refractivity contribution in [3.05, 3.63) is 48.0 Å². The summed E-state index contributed by atoms with van der Waals surface area (Å²) in [6.07, 6.45) is 0. The van der Waals surface area contributed by atoms with Crippen LogP contribution >= 0.6 is 0 Å². The summed E-state index contributed by atoms with van der Waals surface area (Å²) >= 11 is 0. The maximum Gasteiger partial charge on any atom is 0.206 e. The molecule has 0 radical (unpaired) electrons. The molecule has 0 aliphatic heterocycles. The van der Waals surface area contributed by atoms with E-state index >= 15 is 0 Å². The largest absolute Gasteiger partial charge is 0.506 e. The molecule has 1 aromatic heterocycles. The number of phenolic OH excluding ortho intramolecular Hbond substituents is 1. The summed E-state index contributed by atoms with van der Waals surface area (Å²) < 4.78 is 1.78. The van der Waals surface area contributed by atoms with Gasteiger partial charge in [-0.05, 0) is 30.7 Å². The van der Waals surface area contributed by atoms with Gasteiger partial charge in [-0.3, -0.25) is 4.57 Å². The highest BCUT2D eigenvalue weighted by atomic mass is 16.3. The Morgan fingerprint density at radius 1 is 1.11 bits per heavy atom. The Kier molecular flexibility index (Phi) is 2.23. The molecule has 4 nitrogen and oxygen atoms in total. The quantitative estimate of drug-likeness (QED) is 0.686. The number of nitrogens with two attached hydrogens (primary N) is 1. The summed E-state index contributed by atoms with van der Waals surface area (Å²) in [6.45, 7) is 2.00. The van der Waals surface area contributed by atoms with Crippen molar-refractivity contribution in [2.24, 2.45) is 0 Å². The van der Waals surface area contributed by atoms with Gasteiger partial charge in [-0.1, -0.05) is 24.3 Å². The van der Waals surface area contributed by atoms with Gasteiger partial charge in [0.2, 0.25) is 5.95 Å². The molecule has 0 unspecified atom stereocenters. The minimum Gasteiger partial charge on any atom is -0.506 e. The highest BCUT2D eigenvalue weighted by molar-refractivity contribution is 5.86. The van der Waals surface area contributed by atoms with Crippen molar-refractivity contribution in [2.75, 3.05) is 5.73 Å². The van der Waals surface area contributed by atoms with Crippen LogP contribution in [-0.2, 0) is 0 Å². The normalized spacial score (nSPS) is 10.9. The van der Waals surface area contributed by atoms with Gasteiger partial charge in [0.1, 0.15) is 11.3 Å². The third kappa shape index (κ3) is 1.43. The Bertz CT molecular complexity index is 731. The van der Waals surface area contributed by atoms with Gasteiger partial charge in [0.05, 0.1) is 11.2 Å². The minimum absolute atomic E-state index is 0.181.